The number of benzene rings is 5. The van der Waals surface area contributed by atoms with Crippen LogP contribution in [0.15, 0.2) is 144 Å². The van der Waals surface area contributed by atoms with Crippen LogP contribution in [0.25, 0.3) is 16.3 Å². The molecule has 3 N–H and O–H groups in total. The summed E-state index contributed by atoms with van der Waals surface area (Å²) < 4.78 is 6.32. The summed E-state index contributed by atoms with van der Waals surface area (Å²) in [5.74, 6) is -0.486. The van der Waals surface area contributed by atoms with Crippen LogP contribution >= 0.6 is 23.1 Å². The highest BCUT2D eigenvalue weighted by Gasteiger charge is 2.23. The van der Waals surface area contributed by atoms with Crippen LogP contribution in [0, 0.1) is 0 Å². The van der Waals surface area contributed by atoms with Crippen LogP contribution in [0.5, 0.6) is 5.75 Å². The van der Waals surface area contributed by atoms with E-state index in [1.165, 1.54) is 23.1 Å². The van der Waals surface area contributed by atoms with Gasteiger partial charge >= 0.3 is 0 Å². The molecule has 0 fully saturated rings. The van der Waals surface area contributed by atoms with Crippen molar-refractivity contribution in [2.75, 3.05) is 17.7 Å². The summed E-state index contributed by atoms with van der Waals surface area (Å²) in [5, 5.41) is 8.62. The number of thiazole rings is 1. The molecular weight excluding hydrogens is 641 g/mol. The molecule has 0 spiro atoms. The average Bonchev–Trinajstić information content (AvgIpc) is 3.54. The minimum Gasteiger partial charge on any atom is -0.497 e. The minimum absolute atomic E-state index is 0.0613. The maximum atomic E-state index is 13.6. The first-order chi connectivity index (χ1) is 23.4. The van der Waals surface area contributed by atoms with Crippen molar-refractivity contribution in [3.05, 3.63) is 156 Å². The third-order valence-corrected chi connectivity index (χ3v) is 9.38. The second-order valence-electron chi connectivity index (χ2n) is 10.5. The van der Waals surface area contributed by atoms with Crippen LogP contribution in [-0.4, -0.2) is 29.8 Å². The Labute approximate surface area is 285 Å². The smallest absolute Gasteiger partial charge is 0.272 e. The lowest BCUT2D eigenvalue weighted by atomic mass is 10.1. The lowest BCUT2D eigenvalue weighted by molar-refractivity contribution is -0.116. The number of carbonyl (C=O) groups is 3. The van der Waals surface area contributed by atoms with Crippen molar-refractivity contribution in [2.24, 2.45) is 0 Å². The van der Waals surface area contributed by atoms with Crippen LogP contribution < -0.4 is 20.7 Å². The summed E-state index contributed by atoms with van der Waals surface area (Å²) in [7, 11) is 1.56. The van der Waals surface area contributed by atoms with Gasteiger partial charge in [0.25, 0.3) is 11.8 Å². The normalized spacial score (nSPS) is 11.8. The van der Waals surface area contributed by atoms with E-state index in [-0.39, 0.29) is 11.6 Å². The number of rotatable bonds is 11. The largest absolute Gasteiger partial charge is 0.497 e. The molecule has 0 saturated carbocycles. The number of aromatic nitrogens is 1. The highest BCUT2D eigenvalue weighted by Crippen LogP contribution is 2.37. The van der Waals surface area contributed by atoms with Crippen LogP contribution in [0.1, 0.15) is 26.7 Å². The summed E-state index contributed by atoms with van der Waals surface area (Å²) in [6.45, 7) is 0. The highest BCUT2D eigenvalue weighted by molar-refractivity contribution is 8.00. The third kappa shape index (κ3) is 8.16. The Kier molecular flexibility index (Phi) is 10.2. The predicted octanol–water partition coefficient (Wildman–Crippen LogP) is 8.19. The minimum atomic E-state index is -0.552. The molecule has 0 radical (unpaired) electrons. The number of amides is 3. The molecule has 0 aliphatic rings. The van der Waals surface area contributed by atoms with E-state index in [4.69, 9.17) is 4.74 Å². The van der Waals surface area contributed by atoms with Gasteiger partial charge in [-0.1, -0.05) is 84.1 Å². The Balaban J connectivity index is 1.19. The van der Waals surface area contributed by atoms with E-state index in [1.807, 2.05) is 78.9 Å². The fourth-order valence-corrected chi connectivity index (χ4v) is 6.68. The first kappa shape index (κ1) is 32.2. The maximum Gasteiger partial charge on any atom is 0.272 e. The molecule has 0 aliphatic carbocycles. The van der Waals surface area contributed by atoms with E-state index in [2.05, 4.69) is 20.9 Å². The Morgan fingerprint density at radius 1 is 0.792 bits per heavy atom. The fourth-order valence-electron chi connectivity index (χ4n) is 4.79. The molecule has 0 bridgehead atoms. The molecule has 238 valence electrons. The number of thioether (sulfide) groups is 1. The number of nitrogens with zero attached hydrogens (tertiary/aromatic N) is 1. The van der Waals surface area contributed by atoms with Crippen molar-refractivity contribution < 1.29 is 19.1 Å². The summed E-state index contributed by atoms with van der Waals surface area (Å²) in [5.41, 5.74) is 3.36. The van der Waals surface area contributed by atoms with Gasteiger partial charge in [-0.2, -0.15) is 0 Å². The Hall–Kier alpha value is -5.71. The number of carbonyl (C=O) groups excluding carboxylic acids is 3. The van der Waals surface area contributed by atoms with E-state index in [0.717, 1.165) is 20.7 Å². The molecule has 6 aromatic rings. The van der Waals surface area contributed by atoms with Gasteiger partial charge in [0.05, 0.1) is 17.3 Å². The monoisotopic (exact) mass is 670 g/mol. The second-order valence-corrected chi connectivity index (χ2v) is 12.7. The molecule has 0 aliphatic heterocycles. The predicted molar refractivity (Wildman–Crippen MR) is 193 cm³/mol. The Bertz CT molecular complexity index is 2050. The topological polar surface area (TPSA) is 109 Å². The number of fused-ring (bicyclic) bond motifs is 1. The number of methoxy groups -OCH3 is 1. The number of hydrogen-bond donors (Lipinski definition) is 3. The number of nitrogens with one attached hydrogen (secondary N) is 3. The SMILES string of the molecule is COc1cccc(/C=C(\NC(=O)c2ccccc2)C(=O)Nc2ccc(SC(C(=O)Nc3nc4ccccc4s3)c3ccccc3)cc2)c1. The van der Waals surface area contributed by atoms with Crippen LogP contribution in [0.3, 0.4) is 0 Å². The van der Waals surface area contributed by atoms with E-state index < -0.39 is 17.1 Å². The number of anilines is 2. The van der Waals surface area contributed by atoms with Gasteiger partial charge in [-0.25, -0.2) is 4.98 Å². The summed E-state index contributed by atoms with van der Waals surface area (Å²) in [4.78, 5) is 45.5. The molecule has 8 nitrogen and oxygen atoms in total. The standard InChI is InChI=1S/C38H30N4O4S2/c1-46-29-16-10-11-25(23-29)24-32(40-35(43)27-14-6-3-7-15-27)36(44)39-28-19-21-30(22-20-28)47-34(26-12-4-2-5-13-26)37(45)42-38-41-31-17-8-9-18-33(31)48-38/h2-24,34H,1H3,(H,39,44)(H,40,43)(H,41,42,45)/b32-24-. The van der Waals surface area contributed by atoms with Crippen molar-refractivity contribution in [3.63, 3.8) is 0 Å². The Morgan fingerprint density at radius 3 is 2.23 bits per heavy atom. The summed E-state index contributed by atoms with van der Waals surface area (Å²) in [6, 6.07) is 40.4. The lowest BCUT2D eigenvalue weighted by Crippen LogP contribution is -2.30. The van der Waals surface area contributed by atoms with Crippen molar-refractivity contribution in [1.29, 1.82) is 0 Å². The molecule has 10 heteroatoms. The van der Waals surface area contributed by atoms with Crippen molar-refractivity contribution in [3.8, 4) is 5.75 Å². The van der Waals surface area contributed by atoms with Crippen molar-refractivity contribution in [2.45, 2.75) is 10.1 Å². The number of ether oxygens (including phenoxy) is 1. The van der Waals surface area contributed by atoms with Crippen LogP contribution in [0.4, 0.5) is 10.8 Å². The van der Waals surface area contributed by atoms with Gasteiger partial charge in [0, 0.05) is 16.1 Å². The first-order valence-corrected chi connectivity index (χ1v) is 16.7. The zero-order valence-corrected chi connectivity index (χ0v) is 27.4. The molecule has 0 saturated heterocycles. The van der Waals surface area contributed by atoms with Gasteiger partial charge in [-0.15, -0.1) is 11.8 Å². The second kappa shape index (κ2) is 15.3. The van der Waals surface area contributed by atoms with Gasteiger partial charge in [0.15, 0.2) is 5.13 Å². The average molecular weight is 671 g/mol. The number of hydrogen-bond acceptors (Lipinski definition) is 7. The lowest BCUT2D eigenvalue weighted by Gasteiger charge is -2.17. The molecule has 3 amide bonds. The molecule has 48 heavy (non-hydrogen) atoms. The van der Waals surface area contributed by atoms with Gasteiger partial charge in [-0.05, 0) is 77.9 Å². The molecule has 5 aromatic carbocycles. The Morgan fingerprint density at radius 2 is 1.50 bits per heavy atom. The molecule has 6 rings (SSSR count). The van der Waals surface area contributed by atoms with E-state index in [9.17, 15) is 14.4 Å². The summed E-state index contributed by atoms with van der Waals surface area (Å²) >= 11 is 2.82. The molecule has 1 aromatic heterocycles. The maximum absolute atomic E-state index is 13.6. The first-order valence-electron chi connectivity index (χ1n) is 15.0. The zero-order chi connectivity index (χ0) is 33.3. The molecular formula is C38H30N4O4S2. The molecule has 1 atom stereocenters. The highest BCUT2D eigenvalue weighted by atomic mass is 32.2. The fraction of sp³-hybridized carbons (Fsp3) is 0.0526. The zero-order valence-electron chi connectivity index (χ0n) is 25.8. The molecule has 1 heterocycles. The molecule has 1 unspecified atom stereocenters. The van der Waals surface area contributed by atoms with Gasteiger partial charge in [-0.3, -0.25) is 14.4 Å². The number of para-hydroxylation sites is 1. The van der Waals surface area contributed by atoms with Gasteiger partial charge in [0.1, 0.15) is 16.7 Å². The van der Waals surface area contributed by atoms with Gasteiger partial charge in [0.2, 0.25) is 5.91 Å². The van der Waals surface area contributed by atoms with Crippen LogP contribution in [0.2, 0.25) is 0 Å². The quantitative estimate of drug-likeness (QED) is 0.0948. The van der Waals surface area contributed by atoms with Crippen LogP contribution in [-0.2, 0) is 9.59 Å². The van der Waals surface area contributed by atoms with Crippen molar-refractivity contribution >= 4 is 67.9 Å². The van der Waals surface area contributed by atoms with E-state index in [1.54, 1.807) is 67.8 Å². The van der Waals surface area contributed by atoms with Crippen molar-refractivity contribution in [1.82, 2.24) is 10.3 Å². The van der Waals surface area contributed by atoms with E-state index in [0.29, 0.717) is 27.7 Å². The third-order valence-electron chi connectivity index (χ3n) is 7.16. The van der Waals surface area contributed by atoms with Gasteiger partial charge < -0.3 is 20.7 Å². The summed E-state index contributed by atoms with van der Waals surface area (Å²) in [6.07, 6.45) is 1.59. The van der Waals surface area contributed by atoms with E-state index >= 15 is 0 Å².